The fourth-order valence-corrected chi connectivity index (χ4v) is 2.29. The van der Waals surface area contributed by atoms with Crippen LogP contribution in [-0.4, -0.2) is 43.6 Å². The minimum absolute atomic E-state index is 0.300. The van der Waals surface area contributed by atoms with Crippen molar-refractivity contribution in [2.24, 2.45) is 0 Å². The second kappa shape index (κ2) is 4.59. The number of methoxy groups -OCH3 is 1. The first kappa shape index (κ1) is 10.4. The Morgan fingerprint density at radius 2 is 2.33 bits per heavy atom. The molecule has 5 nitrogen and oxygen atoms in total. The number of hydrogen-bond acceptors (Lipinski definition) is 6. The van der Waals surface area contributed by atoms with Gasteiger partial charge in [0.15, 0.2) is 4.88 Å². The monoisotopic (exact) mass is 227 g/mol. The van der Waals surface area contributed by atoms with Gasteiger partial charge in [-0.1, -0.05) is 0 Å². The molecule has 1 aliphatic rings. The normalized spacial score (nSPS) is 16.5. The van der Waals surface area contributed by atoms with Gasteiger partial charge in [0.1, 0.15) is 0 Å². The molecule has 0 saturated carbocycles. The van der Waals surface area contributed by atoms with Crippen LogP contribution in [0.3, 0.4) is 0 Å². The van der Waals surface area contributed by atoms with Gasteiger partial charge >= 0.3 is 5.97 Å². The lowest BCUT2D eigenvalue weighted by atomic mass is 10.3. The van der Waals surface area contributed by atoms with Gasteiger partial charge in [-0.25, -0.2) is 4.79 Å². The number of ether oxygens (including phenoxy) is 1. The van der Waals surface area contributed by atoms with Crippen LogP contribution in [0.1, 0.15) is 9.67 Å². The molecule has 0 unspecified atom stereocenters. The molecule has 1 aromatic rings. The fourth-order valence-electron chi connectivity index (χ4n) is 1.60. The molecule has 1 fully saturated rings. The number of esters is 1. The van der Waals surface area contributed by atoms with Crippen molar-refractivity contribution in [1.82, 2.24) is 9.69 Å². The maximum absolute atomic E-state index is 11.4. The molecule has 6 heteroatoms. The number of hydrogen-bond donors (Lipinski definition) is 1. The zero-order valence-electron chi connectivity index (χ0n) is 8.52. The summed E-state index contributed by atoms with van der Waals surface area (Å²) < 4.78 is 8.76. The molecule has 1 N–H and O–H groups in total. The highest BCUT2D eigenvalue weighted by Crippen LogP contribution is 2.24. The zero-order chi connectivity index (χ0) is 10.7. The van der Waals surface area contributed by atoms with Gasteiger partial charge < -0.3 is 15.0 Å². The van der Waals surface area contributed by atoms with E-state index in [9.17, 15) is 4.79 Å². The van der Waals surface area contributed by atoms with Crippen molar-refractivity contribution in [2.75, 3.05) is 38.2 Å². The van der Waals surface area contributed by atoms with E-state index >= 15 is 0 Å². The summed E-state index contributed by atoms with van der Waals surface area (Å²) in [5, 5.41) is 3.26. The van der Waals surface area contributed by atoms with E-state index in [1.165, 1.54) is 18.6 Å². The third-order valence-electron chi connectivity index (χ3n) is 2.38. The van der Waals surface area contributed by atoms with E-state index < -0.39 is 0 Å². The number of nitrogens with one attached hydrogen (secondary N) is 1. The lowest BCUT2D eigenvalue weighted by molar-refractivity contribution is 0.0607. The summed E-state index contributed by atoms with van der Waals surface area (Å²) in [7, 11) is 1.39. The Morgan fingerprint density at radius 3 is 3.00 bits per heavy atom. The Labute approximate surface area is 92.2 Å². The van der Waals surface area contributed by atoms with E-state index in [1.807, 2.05) is 0 Å². The van der Waals surface area contributed by atoms with Crippen LogP contribution in [0.2, 0.25) is 0 Å². The van der Waals surface area contributed by atoms with Crippen molar-refractivity contribution in [2.45, 2.75) is 0 Å². The number of nitrogens with zero attached hydrogens (tertiary/aromatic N) is 2. The first-order valence-corrected chi connectivity index (χ1v) is 5.59. The number of carbonyl (C=O) groups is 1. The van der Waals surface area contributed by atoms with E-state index in [2.05, 4.69) is 14.6 Å². The van der Waals surface area contributed by atoms with Crippen LogP contribution in [0.15, 0.2) is 6.20 Å². The van der Waals surface area contributed by atoms with E-state index in [-0.39, 0.29) is 5.97 Å². The average molecular weight is 227 g/mol. The number of piperazine rings is 1. The van der Waals surface area contributed by atoms with Gasteiger partial charge in [-0.15, -0.1) is 0 Å². The van der Waals surface area contributed by atoms with Gasteiger partial charge in [-0.2, -0.15) is 4.37 Å². The van der Waals surface area contributed by atoms with Crippen molar-refractivity contribution in [3.63, 3.8) is 0 Å². The van der Waals surface area contributed by atoms with E-state index in [0.717, 1.165) is 31.9 Å². The van der Waals surface area contributed by atoms with Crippen LogP contribution in [0.5, 0.6) is 0 Å². The van der Waals surface area contributed by atoms with E-state index in [0.29, 0.717) is 4.88 Å². The summed E-state index contributed by atoms with van der Waals surface area (Å²) in [6.07, 6.45) is 1.74. The lowest BCUT2D eigenvalue weighted by Gasteiger charge is -2.28. The lowest BCUT2D eigenvalue weighted by Crippen LogP contribution is -2.43. The second-order valence-corrected chi connectivity index (χ2v) is 4.07. The molecule has 2 rings (SSSR count). The number of carbonyl (C=O) groups excluding carboxylic acids is 1. The molecule has 1 saturated heterocycles. The molecule has 82 valence electrons. The van der Waals surface area contributed by atoms with E-state index in [1.54, 1.807) is 6.20 Å². The summed E-state index contributed by atoms with van der Waals surface area (Å²) >= 11 is 1.19. The topological polar surface area (TPSA) is 54.5 Å². The summed E-state index contributed by atoms with van der Waals surface area (Å²) in [6.45, 7) is 3.69. The molecule has 0 bridgehead atoms. The highest BCUT2D eigenvalue weighted by Gasteiger charge is 2.20. The molecule has 1 aromatic heterocycles. The molecule has 0 aliphatic carbocycles. The summed E-state index contributed by atoms with van der Waals surface area (Å²) in [5.41, 5.74) is 0.897. The molecule has 0 aromatic carbocycles. The third kappa shape index (κ3) is 2.10. The molecule has 2 heterocycles. The SMILES string of the molecule is COC(=O)c1sncc1N1CCNCC1. The summed E-state index contributed by atoms with van der Waals surface area (Å²) in [4.78, 5) is 14.2. The highest BCUT2D eigenvalue weighted by molar-refractivity contribution is 7.08. The predicted octanol–water partition coefficient (Wildman–Crippen LogP) is 0.339. The molecular formula is C9H13N3O2S. The maximum Gasteiger partial charge on any atom is 0.351 e. The Morgan fingerprint density at radius 1 is 1.60 bits per heavy atom. The Kier molecular flexibility index (Phi) is 3.17. The molecule has 0 radical (unpaired) electrons. The number of anilines is 1. The standard InChI is InChI=1S/C9H13N3O2S/c1-14-9(13)8-7(6-11-15-8)12-4-2-10-3-5-12/h6,10H,2-5H2,1H3. The minimum Gasteiger partial charge on any atom is -0.465 e. The summed E-state index contributed by atoms with van der Waals surface area (Å²) in [5.74, 6) is -0.300. The first-order valence-electron chi connectivity index (χ1n) is 4.81. The van der Waals surface area contributed by atoms with Gasteiger partial charge in [-0.05, 0) is 11.5 Å². The Hall–Kier alpha value is -1.14. The predicted molar refractivity (Wildman–Crippen MR) is 58.5 cm³/mol. The van der Waals surface area contributed by atoms with Gasteiger partial charge in [0, 0.05) is 26.2 Å². The number of aromatic nitrogens is 1. The van der Waals surface area contributed by atoms with Crippen LogP contribution >= 0.6 is 11.5 Å². The largest absolute Gasteiger partial charge is 0.465 e. The van der Waals surface area contributed by atoms with Crippen LogP contribution < -0.4 is 10.2 Å². The molecule has 0 atom stereocenters. The van der Waals surface area contributed by atoms with Crippen molar-refractivity contribution in [1.29, 1.82) is 0 Å². The van der Waals surface area contributed by atoms with Gasteiger partial charge in [0.25, 0.3) is 0 Å². The second-order valence-electron chi connectivity index (χ2n) is 3.27. The highest BCUT2D eigenvalue weighted by atomic mass is 32.1. The Balaban J connectivity index is 2.19. The first-order chi connectivity index (χ1) is 7.33. The van der Waals surface area contributed by atoms with Crippen LogP contribution in [0.4, 0.5) is 5.69 Å². The number of rotatable bonds is 2. The summed E-state index contributed by atoms with van der Waals surface area (Å²) in [6, 6.07) is 0. The minimum atomic E-state index is -0.300. The smallest absolute Gasteiger partial charge is 0.351 e. The van der Waals surface area contributed by atoms with Crippen molar-refractivity contribution < 1.29 is 9.53 Å². The molecule has 15 heavy (non-hydrogen) atoms. The maximum atomic E-state index is 11.4. The van der Waals surface area contributed by atoms with Gasteiger partial charge in [0.05, 0.1) is 19.0 Å². The van der Waals surface area contributed by atoms with Crippen molar-refractivity contribution in [3.8, 4) is 0 Å². The van der Waals surface area contributed by atoms with Crippen molar-refractivity contribution >= 4 is 23.2 Å². The van der Waals surface area contributed by atoms with Gasteiger partial charge in [-0.3, -0.25) is 0 Å². The van der Waals surface area contributed by atoms with Crippen LogP contribution in [0, 0.1) is 0 Å². The van der Waals surface area contributed by atoms with E-state index in [4.69, 9.17) is 4.74 Å². The van der Waals surface area contributed by atoms with Crippen molar-refractivity contribution in [3.05, 3.63) is 11.1 Å². The molecule has 0 spiro atoms. The van der Waals surface area contributed by atoms with Gasteiger partial charge in [0.2, 0.25) is 0 Å². The Bertz CT molecular complexity index is 347. The molecule has 1 aliphatic heterocycles. The average Bonchev–Trinajstić information content (AvgIpc) is 2.78. The fraction of sp³-hybridized carbons (Fsp3) is 0.556. The molecule has 0 amide bonds. The van der Waals surface area contributed by atoms with Crippen LogP contribution in [0.25, 0.3) is 0 Å². The van der Waals surface area contributed by atoms with Crippen LogP contribution in [-0.2, 0) is 4.74 Å². The third-order valence-corrected chi connectivity index (χ3v) is 3.15. The zero-order valence-corrected chi connectivity index (χ0v) is 9.34. The molecular weight excluding hydrogens is 214 g/mol. The quantitative estimate of drug-likeness (QED) is 0.738.